The predicted molar refractivity (Wildman–Crippen MR) is 106 cm³/mol. The fourth-order valence-corrected chi connectivity index (χ4v) is 2.55. The molecule has 0 bridgehead atoms. The third-order valence-electron chi connectivity index (χ3n) is 4.00. The quantitative estimate of drug-likeness (QED) is 0.646. The summed E-state index contributed by atoms with van der Waals surface area (Å²) < 4.78 is 11.7. The maximum Gasteiger partial charge on any atom is 0.135 e. The molecule has 0 aliphatic carbocycles. The van der Waals surface area contributed by atoms with Crippen LogP contribution in [0.2, 0.25) is 0 Å². The van der Waals surface area contributed by atoms with Gasteiger partial charge in [0.05, 0.1) is 0 Å². The molecule has 3 rings (SSSR count). The third-order valence-corrected chi connectivity index (χ3v) is 4.00. The molecule has 0 fully saturated rings. The van der Waals surface area contributed by atoms with Crippen LogP contribution in [-0.4, -0.2) is 42.4 Å². The van der Waals surface area contributed by atoms with Crippen LogP contribution in [0, 0.1) is 0 Å². The molecule has 27 heavy (non-hydrogen) atoms. The Morgan fingerprint density at radius 3 is 2.07 bits per heavy atom. The second-order valence-corrected chi connectivity index (χ2v) is 6.45. The number of ether oxygens (including phenoxy) is 2. The van der Waals surface area contributed by atoms with E-state index >= 15 is 0 Å². The van der Waals surface area contributed by atoms with Crippen molar-refractivity contribution in [1.82, 2.24) is 4.90 Å². The zero-order valence-corrected chi connectivity index (χ0v) is 15.4. The lowest BCUT2D eigenvalue weighted by atomic mass is 10.0. The molecule has 0 saturated heterocycles. The van der Waals surface area contributed by atoms with Crippen molar-refractivity contribution >= 4 is 0 Å². The number of phenols is 2. The first-order chi connectivity index (χ1) is 13.0. The Morgan fingerprint density at radius 2 is 1.41 bits per heavy atom. The molecular weight excluding hydrogens is 342 g/mol. The first-order valence-corrected chi connectivity index (χ1v) is 8.69. The Bertz CT molecular complexity index is 874. The minimum absolute atomic E-state index is 0.148. The van der Waals surface area contributed by atoms with Gasteiger partial charge in [-0.25, -0.2) is 0 Å². The van der Waals surface area contributed by atoms with Crippen LogP contribution in [0.5, 0.6) is 28.7 Å². The van der Waals surface area contributed by atoms with E-state index < -0.39 is 0 Å². The van der Waals surface area contributed by atoms with E-state index in [2.05, 4.69) is 4.90 Å². The Morgan fingerprint density at radius 1 is 0.778 bits per heavy atom. The number of hydrogen-bond donors (Lipinski definition) is 2. The van der Waals surface area contributed by atoms with Crippen molar-refractivity contribution in [2.45, 2.75) is 0 Å². The van der Waals surface area contributed by atoms with Crippen LogP contribution in [0.25, 0.3) is 11.1 Å². The molecule has 3 aromatic carbocycles. The summed E-state index contributed by atoms with van der Waals surface area (Å²) >= 11 is 0. The van der Waals surface area contributed by atoms with E-state index in [-0.39, 0.29) is 11.5 Å². The van der Waals surface area contributed by atoms with E-state index in [1.807, 2.05) is 38.4 Å². The minimum atomic E-state index is 0.148. The largest absolute Gasteiger partial charge is 0.508 e. The molecule has 0 radical (unpaired) electrons. The van der Waals surface area contributed by atoms with Crippen molar-refractivity contribution in [2.75, 3.05) is 27.2 Å². The summed E-state index contributed by atoms with van der Waals surface area (Å²) in [5, 5.41) is 19.3. The summed E-state index contributed by atoms with van der Waals surface area (Å²) in [4.78, 5) is 2.06. The number of hydrogen-bond acceptors (Lipinski definition) is 5. The minimum Gasteiger partial charge on any atom is -0.508 e. The summed E-state index contributed by atoms with van der Waals surface area (Å²) in [7, 11) is 4.01. The number of benzene rings is 3. The van der Waals surface area contributed by atoms with Gasteiger partial charge in [0.25, 0.3) is 0 Å². The van der Waals surface area contributed by atoms with Crippen LogP contribution < -0.4 is 9.47 Å². The van der Waals surface area contributed by atoms with Crippen molar-refractivity contribution in [3.8, 4) is 39.9 Å². The van der Waals surface area contributed by atoms with Crippen LogP contribution in [0.1, 0.15) is 0 Å². The molecule has 0 heterocycles. The Labute approximate surface area is 159 Å². The standard InChI is InChI=1S/C22H23NO4/c1-23(2)13-14-26-19-8-10-20(11-9-19)27-22-12-7-18(25)15-21(22)16-3-5-17(24)6-4-16/h3-12,15,24-25H,13-14H2,1-2H3. The molecule has 2 N–H and O–H groups in total. The first-order valence-electron chi connectivity index (χ1n) is 8.69. The Hall–Kier alpha value is -3.18. The normalized spacial score (nSPS) is 10.8. The maximum atomic E-state index is 9.85. The van der Waals surface area contributed by atoms with Gasteiger partial charge in [-0.3, -0.25) is 0 Å². The fourth-order valence-electron chi connectivity index (χ4n) is 2.55. The van der Waals surface area contributed by atoms with Crippen LogP contribution >= 0.6 is 0 Å². The highest BCUT2D eigenvalue weighted by molar-refractivity contribution is 5.72. The van der Waals surface area contributed by atoms with Gasteiger partial charge in [-0.05, 0) is 74.3 Å². The second-order valence-electron chi connectivity index (χ2n) is 6.45. The summed E-state index contributed by atoms with van der Waals surface area (Å²) in [6.45, 7) is 1.47. The highest BCUT2D eigenvalue weighted by atomic mass is 16.5. The van der Waals surface area contributed by atoms with Gasteiger partial charge in [-0.15, -0.1) is 0 Å². The zero-order valence-electron chi connectivity index (χ0n) is 15.4. The zero-order chi connectivity index (χ0) is 19.2. The molecule has 0 atom stereocenters. The number of aromatic hydroxyl groups is 2. The molecule has 5 heteroatoms. The van der Waals surface area contributed by atoms with Crippen LogP contribution in [0.15, 0.2) is 66.7 Å². The molecule has 0 amide bonds. The molecule has 0 unspecified atom stereocenters. The molecule has 0 aliphatic rings. The van der Waals surface area contributed by atoms with E-state index in [9.17, 15) is 10.2 Å². The molecule has 0 spiro atoms. The van der Waals surface area contributed by atoms with E-state index in [4.69, 9.17) is 9.47 Å². The molecule has 0 aliphatic heterocycles. The van der Waals surface area contributed by atoms with E-state index in [1.165, 1.54) is 0 Å². The molecule has 140 valence electrons. The lowest BCUT2D eigenvalue weighted by Gasteiger charge is -2.13. The van der Waals surface area contributed by atoms with Crippen molar-refractivity contribution in [2.24, 2.45) is 0 Å². The average Bonchev–Trinajstić information content (AvgIpc) is 2.65. The Balaban J connectivity index is 1.76. The highest BCUT2D eigenvalue weighted by Crippen LogP contribution is 2.36. The average molecular weight is 365 g/mol. The summed E-state index contributed by atoms with van der Waals surface area (Å²) in [5.74, 6) is 2.40. The van der Waals surface area contributed by atoms with Crippen LogP contribution in [-0.2, 0) is 0 Å². The van der Waals surface area contributed by atoms with Crippen LogP contribution in [0.4, 0.5) is 0 Å². The maximum absolute atomic E-state index is 9.85. The van der Waals surface area contributed by atoms with Crippen molar-refractivity contribution < 1.29 is 19.7 Å². The monoisotopic (exact) mass is 365 g/mol. The van der Waals surface area contributed by atoms with Gasteiger partial charge >= 0.3 is 0 Å². The number of nitrogens with zero attached hydrogens (tertiary/aromatic N) is 1. The first kappa shape index (κ1) is 18.6. The summed E-state index contributed by atoms with van der Waals surface area (Å²) in [6, 6.07) is 19.1. The lowest BCUT2D eigenvalue weighted by molar-refractivity contribution is 0.261. The molecular formula is C22H23NO4. The van der Waals surface area contributed by atoms with Gasteiger partial charge in [-0.2, -0.15) is 0 Å². The predicted octanol–water partition coefficient (Wildman–Crippen LogP) is 4.50. The van der Waals surface area contributed by atoms with E-state index in [1.54, 1.807) is 42.5 Å². The van der Waals surface area contributed by atoms with Gasteiger partial charge in [0.2, 0.25) is 0 Å². The molecule has 3 aromatic rings. The van der Waals surface area contributed by atoms with Gasteiger partial charge in [0.15, 0.2) is 0 Å². The van der Waals surface area contributed by atoms with E-state index in [0.29, 0.717) is 18.1 Å². The lowest BCUT2D eigenvalue weighted by Crippen LogP contribution is -2.19. The summed E-state index contributed by atoms with van der Waals surface area (Å²) in [5.41, 5.74) is 1.57. The van der Waals surface area contributed by atoms with Crippen molar-refractivity contribution in [3.05, 3.63) is 66.7 Å². The molecule has 0 aromatic heterocycles. The van der Waals surface area contributed by atoms with Gasteiger partial charge in [0, 0.05) is 12.1 Å². The van der Waals surface area contributed by atoms with Crippen molar-refractivity contribution in [3.63, 3.8) is 0 Å². The number of rotatable bonds is 7. The molecule has 0 saturated carbocycles. The Kier molecular flexibility index (Phi) is 5.84. The van der Waals surface area contributed by atoms with Crippen LogP contribution in [0.3, 0.4) is 0 Å². The number of likely N-dealkylation sites (N-methyl/N-ethyl adjacent to an activating group) is 1. The molecule has 5 nitrogen and oxygen atoms in total. The third kappa shape index (κ3) is 5.15. The van der Waals surface area contributed by atoms with Crippen molar-refractivity contribution in [1.29, 1.82) is 0 Å². The topological polar surface area (TPSA) is 62.2 Å². The number of phenolic OH excluding ortho intramolecular Hbond substituents is 2. The highest BCUT2D eigenvalue weighted by Gasteiger charge is 2.09. The SMILES string of the molecule is CN(C)CCOc1ccc(Oc2ccc(O)cc2-c2ccc(O)cc2)cc1. The van der Waals surface area contributed by atoms with Gasteiger partial charge in [0.1, 0.15) is 35.4 Å². The van der Waals surface area contributed by atoms with E-state index in [0.717, 1.165) is 23.4 Å². The fraction of sp³-hybridized carbons (Fsp3) is 0.182. The van der Waals surface area contributed by atoms with Gasteiger partial charge in [-0.1, -0.05) is 12.1 Å². The smallest absolute Gasteiger partial charge is 0.135 e. The summed E-state index contributed by atoms with van der Waals surface area (Å²) in [6.07, 6.45) is 0. The second kappa shape index (κ2) is 8.47. The van der Waals surface area contributed by atoms with Gasteiger partial charge < -0.3 is 24.6 Å².